The molecule has 1 aliphatic rings. The van der Waals surface area contributed by atoms with E-state index in [1.165, 1.54) is 33.2 Å². The summed E-state index contributed by atoms with van der Waals surface area (Å²) in [6.07, 6.45) is 0. The van der Waals surface area contributed by atoms with Crippen molar-refractivity contribution in [3.05, 3.63) is 47.0 Å². The topological polar surface area (TPSA) is 32.3 Å². The molecule has 0 spiro atoms. The second-order valence-electron chi connectivity index (χ2n) is 7.08. The first-order chi connectivity index (χ1) is 13.5. The van der Waals surface area contributed by atoms with Crippen molar-refractivity contribution in [3.63, 3.8) is 0 Å². The Morgan fingerprint density at radius 2 is 1.43 bits per heavy atom. The van der Waals surface area contributed by atoms with E-state index in [2.05, 4.69) is 40.8 Å². The van der Waals surface area contributed by atoms with Crippen LogP contribution in [0.2, 0.25) is 0 Å². The highest BCUT2D eigenvalue weighted by molar-refractivity contribution is 7.22. The molecule has 144 valence electrons. The summed E-state index contributed by atoms with van der Waals surface area (Å²) in [5.74, 6) is -1.16. The summed E-state index contributed by atoms with van der Waals surface area (Å²) in [7, 11) is 0. The first-order valence-electron chi connectivity index (χ1n) is 9.12. The predicted octanol–water partition coefficient (Wildman–Crippen LogP) is 5.13. The van der Waals surface area contributed by atoms with Crippen LogP contribution in [0.25, 0.3) is 20.4 Å². The minimum absolute atomic E-state index is 0.251. The lowest BCUT2D eigenvalue weighted by molar-refractivity contribution is 0.591. The maximum absolute atomic E-state index is 13.9. The van der Waals surface area contributed by atoms with Gasteiger partial charge in [0.1, 0.15) is 11.3 Å². The number of hydrogen-bond donors (Lipinski definition) is 0. The maximum Gasteiger partial charge on any atom is 0.186 e. The third kappa shape index (κ3) is 2.91. The molecule has 0 radical (unpaired) electrons. The molecule has 0 N–H and O–H groups in total. The van der Waals surface area contributed by atoms with Gasteiger partial charge in [0, 0.05) is 32.2 Å². The number of piperazine rings is 1. The van der Waals surface area contributed by atoms with E-state index in [0.717, 1.165) is 48.0 Å². The van der Waals surface area contributed by atoms with Gasteiger partial charge in [0.15, 0.2) is 16.1 Å². The first kappa shape index (κ1) is 17.8. The fourth-order valence-corrected chi connectivity index (χ4v) is 5.77. The minimum Gasteiger partial charge on any atom is -0.345 e. The zero-order valence-electron chi connectivity index (χ0n) is 15.5. The number of thiazole rings is 2. The average molecular weight is 417 g/mol. The van der Waals surface area contributed by atoms with Gasteiger partial charge < -0.3 is 9.80 Å². The molecule has 2 aromatic heterocycles. The fraction of sp³-hybridized carbons (Fsp3) is 0.300. The molecule has 0 amide bonds. The average Bonchev–Trinajstić information content (AvgIpc) is 3.30. The lowest BCUT2D eigenvalue weighted by atomic mass is 10.1. The van der Waals surface area contributed by atoms with Gasteiger partial charge in [0.25, 0.3) is 0 Å². The Morgan fingerprint density at radius 1 is 0.821 bits per heavy atom. The summed E-state index contributed by atoms with van der Waals surface area (Å²) >= 11 is 3.08. The van der Waals surface area contributed by atoms with E-state index in [-0.39, 0.29) is 5.52 Å². The van der Waals surface area contributed by atoms with Gasteiger partial charge >= 0.3 is 0 Å². The molecular formula is C20H18F2N4S2. The lowest BCUT2D eigenvalue weighted by Crippen LogP contribution is -2.46. The summed E-state index contributed by atoms with van der Waals surface area (Å²) in [5, 5.41) is 1.79. The van der Waals surface area contributed by atoms with Crippen LogP contribution in [0.1, 0.15) is 11.1 Å². The van der Waals surface area contributed by atoms with Gasteiger partial charge in [-0.1, -0.05) is 34.8 Å². The molecule has 4 nitrogen and oxygen atoms in total. The van der Waals surface area contributed by atoms with Gasteiger partial charge in [0.05, 0.1) is 14.9 Å². The third-order valence-corrected chi connectivity index (χ3v) is 7.47. The number of aromatic nitrogens is 2. The van der Waals surface area contributed by atoms with Crippen LogP contribution in [0, 0.1) is 25.5 Å². The maximum atomic E-state index is 13.9. The highest BCUT2D eigenvalue weighted by Crippen LogP contribution is 2.35. The number of hydrogen-bond acceptors (Lipinski definition) is 6. The Hall–Kier alpha value is -2.32. The van der Waals surface area contributed by atoms with Crippen LogP contribution in [0.4, 0.5) is 19.0 Å². The molecular weight excluding hydrogens is 398 g/mol. The van der Waals surface area contributed by atoms with Crippen molar-refractivity contribution in [2.24, 2.45) is 0 Å². The van der Waals surface area contributed by atoms with Crippen LogP contribution in [0.5, 0.6) is 0 Å². The van der Waals surface area contributed by atoms with Crippen molar-refractivity contribution < 1.29 is 8.78 Å². The van der Waals surface area contributed by atoms with Crippen molar-refractivity contribution in [1.82, 2.24) is 9.97 Å². The van der Waals surface area contributed by atoms with Crippen molar-refractivity contribution in [3.8, 4) is 0 Å². The van der Waals surface area contributed by atoms with Gasteiger partial charge in [0.2, 0.25) is 0 Å². The highest BCUT2D eigenvalue weighted by Gasteiger charge is 2.23. The Bertz CT molecular complexity index is 1150. The second-order valence-corrected chi connectivity index (χ2v) is 9.07. The summed E-state index contributed by atoms with van der Waals surface area (Å²) in [5.41, 5.74) is 3.80. The summed E-state index contributed by atoms with van der Waals surface area (Å²) < 4.78 is 29.2. The van der Waals surface area contributed by atoms with Gasteiger partial charge in [-0.2, -0.15) is 0 Å². The van der Waals surface area contributed by atoms with E-state index in [9.17, 15) is 8.78 Å². The standard InChI is InChI=1S/C20H18F2N4S2/c1-11-3-4-12(2)18-16(11)23-20(28-18)26-7-5-25(6-8-26)19-24-17-14(22)9-13(21)10-15(17)27-19/h3-4,9-10H,5-8H2,1-2H3. The van der Waals surface area contributed by atoms with Crippen LogP contribution in [-0.4, -0.2) is 36.1 Å². The molecule has 1 fully saturated rings. The zero-order chi connectivity index (χ0) is 19.4. The van der Waals surface area contributed by atoms with E-state index in [0.29, 0.717) is 4.70 Å². The molecule has 1 aliphatic heterocycles. The predicted molar refractivity (Wildman–Crippen MR) is 113 cm³/mol. The molecule has 3 heterocycles. The molecule has 4 aromatic rings. The quantitative estimate of drug-likeness (QED) is 0.454. The Morgan fingerprint density at radius 3 is 2.11 bits per heavy atom. The Labute approximate surface area is 169 Å². The number of nitrogens with zero attached hydrogens (tertiary/aromatic N) is 4. The van der Waals surface area contributed by atoms with Crippen molar-refractivity contribution in [2.45, 2.75) is 13.8 Å². The van der Waals surface area contributed by atoms with Crippen LogP contribution in [0.15, 0.2) is 24.3 Å². The number of rotatable bonds is 2. The molecule has 1 saturated heterocycles. The summed E-state index contributed by atoms with van der Waals surface area (Å²) in [6.45, 7) is 7.42. The molecule has 5 rings (SSSR count). The number of benzene rings is 2. The largest absolute Gasteiger partial charge is 0.345 e. The lowest BCUT2D eigenvalue weighted by Gasteiger charge is -2.34. The summed E-state index contributed by atoms with van der Waals surface area (Å²) in [6, 6.07) is 6.50. The zero-order valence-corrected chi connectivity index (χ0v) is 17.1. The molecule has 0 aliphatic carbocycles. The Kier molecular flexibility index (Phi) is 4.21. The number of halogens is 2. The van der Waals surface area contributed by atoms with Crippen LogP contribution >= 0.6 is 22.7 Å². The number of aryl methyl sites for hydroxylation is 2. The number of anilines is 2. The molecule has 28 heavy (non-hydrogen) atoms. The van der Waals surface area contributed by atoms with Crippen LogP contribution in [-0.2, 0) is 0 Å². The second kappa shape index (κ2) is 6.63. The normalized spacial score (nSPS) is 15.1. The van der Waals surface area contributed by atoms with E-state index in [1.54, 1.807) is 11.3 Å². The number of fused-ring (bicyclic) bond motifs is 2. The first-order valence-corrected chi connectivity index (χ1v) is 10.7. The molecule has 2 aromatic carbocycles. The van der Waals surface area contributed by atoms with Crippen LogP contribution in [0.3, 0.4) is 0 Å². The van der Waals surface area contributed by atoms with Crippen LogP contribution < -0.4 is 9.80 Å². The van der Waals surface area contributed by atoms with E-state index >= 15 is 0 Å². The smallest absolute Gasteiger partial charge is 0.186 e. The summed E-state index contributed by atoms with van der Waals surface area (Å²) in [4.78, 5) is 13.7. The molecule has 8 heteroatoms. The fourth-order valence-electron chi connectivity index (χ4n) is 3.55. The highest BCUT2D eigenvalue weighted by atomic mass is 32.1. The van der Waals surface area contributed by atoms with Gasteiger partial charge in [-0.15, -0.1) is 0 Å². The monoisotopic (exact) mass is 416 g/mol. The molecule has 0 saturated carbocycles. The van der Waals surface area contributed by atoms with Gasteiger partial charge in [-0.3, -0.25) is 0 Å². The molecule has 0 unspecified atom stereocenters. The van der Waals surface area contributed by atoms with E-state index in [4.69, 9.17) is 4.98 Å². The molecule has 0 bridgehead atoms. The van der Waals surface area contributed by atoms with Crippen molar-refractivity contribution >= 4 is 53.4 Å². The van der Waals surface area contributed by atoms with E-state index < -0.39 is 11.6 Å². The van der Waals surface area contributed by atoms with Crippen molar-refractivity contribution in [2.75, 3.05) is 36.0 Å². The van der Waals surface area contributed by atoms with Gasteiger partial charge in [-0.25, -0.2) is 18.7 Å². The Balaban J connectivity index is 1.37. The van der Waals surface area contributed by atoms with E-state index in [1.807, 2.05) is 0 Å². The SMILES string of the molecule is Cc1ccc(C)c2sc(N3CCN(c4nc5c(F)cc(F)cc5s4)CC3)nc12. The van der Waals surface area contributed by atoms with Gasteiger partial charge in [-0.05, 0) is 31.0 Å². The van der Waals surface area contributed by atoms with Crippen molar-refractivity contribution in [1.29, 1.82) is 0 Å². The third-order valence-electron chi connectivity index (χ3n) is 5.15. The minimum atomic E-state index is -0.601. The molecule has 0 atom stereocenters.